The second kappa shape index (κ2) is 11.6. The quantitative estimate of drug-likeness (QED) is 0.438. The molecule has 1 rings (SSSR count). The maximum Gasteiger partial charge on any atom is 0.304 e. The number of carbonyl (C=O) groups is 4. The molecule has 1 fully saturated rings. The van der Waals surface area contributed by atoms with E-state index in [2.05, 4.69) is 11.9 Å². The third kappa shape index (κ3) is 7.95. The van der Waals surface area contributed by atoms with Crippen LogP contribution in [0.3, 0.4) is 0 Å². The summed E-state index contributed by atoms with van der Waals surface area (Å²) in [5, 5.41) is 0. The SMILES string of the molecule is CC(=O)OC[C@H]1OC(OC(C)=O)[C@H](N)[C@@H](OC(C)=O)[C@@H]1OC(C)=O.OCl. The number of ether oxygens (including phenoxy) is 5. The van der Waals surface area contributed by atoms with E-state index in [0.717, 1.165) is 20.8 Å². The number of halogens is 1. The van der Waals surface area contributed by atoms with E-state index in [1.807, 2.05) is 0 Å². The lowest BCUT2D eigenvalue weighted by molar-refractivity contribution is -0.267. The minimum absolute atomic E-state index is 0.310. The van der Waals surface area contributed by atoms with Crippen molar-refractivity contribution >= 4 is 35.7 Å². The summed E-state index contributed by atoms with van der Waals surface area (Å²) >= 11 is 3.64. The van der Waals surface area contributed by atoms with Crippen molar-refractivity contribution in [2.45, 2.75) is 58.3 Å². The molecule has 0 radical (unpaired) electrons. The normalized spacial score (nSPS) is 27.3. The van der Waals surface area contributed by atoms with Gasteiger partial charge in [-0.15, -0.1) is 0 Å². The van der Waals surface area contributed by atoms with Crippen molar-refractivity contribution in [2.24, 2.45) is 5.73 Å². The zero-order valence-corrected chi connectivity index (χ0v) is 15.4. The van der Waals surface area contributed by atoms with Crippen LogP contribution in [0.5, 0.6) is 0 Å². The highest BCUT2D eigenvalue weighted by Gasteiger charge is 2.50. The lowest BCUT2D eigenvalue weighted by atomic mass is 9.97. The Labute approximate surface area is 154 Å². The smallest absolute Gasteiger partial charge is 0.304 e. The van der Waals surface area contributed by atoms with Gasteiger partial charge in [0.25, 0.3) is 0 Å². The molecule has 1 unspecified atom stereocenters. The Morgan fingerprint density at radius 1 is 0.885 bits per heavy atom. The van der Waals surface area contributed by atoms with E-state index in [0.29, 0.717) is 0 Å². The van der Waals surface area contributed by atoms with Gasteiger partial charge in [0.15, 0.2) is 12.2 Å². The maximum atomic E-state index is 11.3. The molecule has 1 aliphatic heterocycles. The van der Waals surface area contributed by atoms with Gasteiger partial charge in [0, 0.05) is 27.7 Å². The molecule has 0 aromatic carbocycles. The van der Waals surface area contributed by atoms with Crippen LogP contribution in [0, 0.1) is 0 Å². The van der Waals surface area contributed by atoms with Gasteiger partial charge in [0.1, 0.15) is 18.8 Å². The van der Waals surface area contributed by atoms with E-state index in [1.165, 1.54) is 6.92 Å². The first-order chi connectivity index (χ1) is 12.1. The average molecular weight is 400 g/mol. The van der Waals surface area contributed by atoms with E-state index in [4.69, 9.17) is 34.1 Å². The summed E-state index contributed by atoms with van der Waals surface area (Å²) in [5.74, 6) is -2.62. The molecular formula is C14H22ClNO10. The Morgan fingerprint density at radius 3 is 1.77 bits per heavy atom. The van der Waals surface area contributed by atoms with Gasteiger partial charge in [0.05, 0.1) is 11.9 Å². The van der Waals surface area contributed by atoms with Gasteiger partial charge in [-0.1, -0.05) is 0 Å². The van der Waals surface area contributed by atoms with Crippen molar-refractivity contribution in [3.63, 3.8) is 0 Å². The van der Waals surface area contributed by atoms with Crippen molar-refractivity contribution in [3.8, 4) is 0 Å². The van der Waals surface area contributed by atoms with E-state index in [1.54, 1.807) is 0 Å². The van der Waals surface area contributed by atoms with Crippen LogP contribution in [-0.4, -0.2) is 65.8 Å². The maximum absolute atomic E-state index is 11.3. The van der Waals surface area contributed by atoms with Gasteiger partial charge < -0.3 is 29.4 Å². The van der Waals surface area contributed by atoms with Crippen LogP contribution in [0.1, 0.15) is 27.7 Å². The molecule has 26 heavy (non-hydrogen) atoms. The highest BCUT2D eigenvalue weighted by Crippen LogP contribution is 2.26. The van der Waals surface area contributed by atoms with E-state index in [9.17, 15) is 19.2 Å². The molecule has 0 amide bonds. The van der Waals surface area contributed by atoms with Crippen molar-refractivity contribution in [1.29, 1.82) is 0 Å². The first-order valence-electron chi connectivity index (χ1n) is 7.34. The van der Waals surface area contributed by atoms with Crippen LogP contribution < -0.4 is 5.73 Å². The molecule has 3 N–H and O–H groups in total. The summed E-state index contributed by atoms with van der Waals surface area (Å²) in [6, 6.07) is -1.10. The Balaban J connectivity index is 0.00000301. The zero-order chi connectivity index (χ0) is 20.4. The first kappa shape index (κ1) is 24.1. The van der Waals surface area contributed by atoms with Crippen molar-refractivity contribution in [2.75, 3.05) is 6.61 Å². The fraction of sp³-hybridized carbons (Fsp3) is 0.714. The van der Waals surface area contributed by atoms with Gasteiger partial charge in [-0.25, -0.2) is 0 Å². The number of rotatable bonds is 5. The largest absolute Gasteiger partial charge is 0.463 e. The highest BCUT2D eigenvalue weighted by molar-refractivity contribution is 6.04. The van der Waals surface area contributed by atoms with Gasteiger partial charge >= 0.3 is 23.9 Å². The lowest BCUT2D eigenvalue weighted by Gasteiger charge is -2.42. The average Bonchev–Trinajstić information content (AvgIpc) is 2.53. The van der Waals surface area contributed by atoms with Crippen molar-refractivity contribution in [1.82, 2.24) is 0 Å². The summed E-state index contributed by atoms with van der Waals surface area (Å²) in [6.45, 7) is 4.32. The molecule has 0 spiro atoms. The second-order valence-corrected chi connectivity index (χ2v) is 5.18. The van der Waals surface area contributed by atoms with Crippen LogP contribution >= 0.6 is 11.9 Å². The monoisotopic (exact) mass is 399 g/mol. The number of nitrogens with two attached hydrogens (primary N) is 1. The van der Waals surface area contributed by atoms with Crippen LogP contribution in [0.15, 0.2) is 0 Å². The predicted molar refractivity (Wildman–Crippen MR) is 84.2 cm³/mol. The molecule has 1 saturated heterocycles. The van der Waals surface area contributed by atoms with Crippen molar-refractivity contribution < 1.29 is 47.5 Å². The molecule has 1 heterocycles. The number of hydrogen-bond acceptors (Lipinski definition) is 11. The molecule has 0 bridgehead atoms. The zero-order valence-electron chi connectivity index (χ0n) is 14.7. The Bertz CT molecular complexity index is 498. The molecular weight excluding hydrogens is 378 g/mol. The Hall–Kier alpha value is -1.95. The van der Waals surface area contributed by atoms with Crippen LogP contribution in [0.2, 0.25) is 0 Å². The second-order valence-electron chi connectivity index (χ2n) is 5.18. The van der Waals surface area contributed by atoms with Crippen LogP contribution in [0.25, 0.3) is 0 Å². The van der Waals surface area contributed by atoms with E-state index >= 15 is 0 Å². The van der Waals surface area contributed by atoms with E-state index < -0.39 is 54.5 Å². The number of esters is 4. The number of hydrogen-bond donors (Lipinski definition) is 2. The van der Waals surface area contributed by atoms with Crippen LogP contribution in [-0.2, 0) is 42.9 Å². The predicted octanol–water partition coefficient (Wildman–Crippen LogP) is -0.839. The van der Waals surface area contributed by atoms with Gasteiger partial charge in [-0.05, 0) is 0 Å². The van der Waals surface area contributed by atoms with E-state index in [-0.39, 0.29) is 6.61 Å². The summed E-state index contributed by atoms with van der Waals surface area (Å²) < 4.78 is 32.0. The summed E-state index contributed by atoms with van der Waals surface area (Å²) in [5.41, 5.74) is 5.93. The van der Waals surface area contributed by atoms with Crippen molar-refractivity contribution in [3.05, 3.63) is 0 Å². The fourth-order valence-corrected chi connectivity index (χ4v) is 2.20. The number of carbonyl (C=O) groups excluding carboxylic acids is 4. The minimum atomic E-state index is -1.26. The molecule has 0 aromatic heterocycles. The van der Waals surface area contributed by atoms with Gasteiger partial charge in [0.2, 0.25) is 6.29 Å². The molecule has 150 valence electrons. The van der Waals surface area contributed by atoms with Gasteiger partial charge in [-0.3, -0.25) is 23.8 Å². The first-order valence-corrected chi connectivity index (χ1v) is 7.68. The highest BCUT2D eigenvalue weighted by atomic mass is 35.5. The minimum Gasteiger partial charge on any atom is -0.463 e. The molecule has 12 heteroatoms. The van der Waals surface area contributed by atoms with Gasteiger partial charge in [-0.2, -0.15) is 0 Å². The summed E-state index contributed by atoms with van der Waals surface area (Å²) in [7, 11) is 0. The standard InChI is InChI=1S/C14H21NO9.ClHO/c1-6(16)20-5-10-12(21-7(2)17)13(22-8(3)18)11(15)14(24-10)23-9(4)19;1-2/h10-14H,5,15H2,1-4H3;2H/t10-,11-,12-,13-,14?;/m1./s1. The third-order valence-electron chi connectivity index (χ3n) is 3.03. The molecule has 0 aliphatic carbocycles. The summed E-state index contributed by atoms with van der Waals surface area (Å²) in [4.78, 5) is 44.9. The topological polar surface area (TPSA) is 161 Å². The third-order valence-corrected chi connectivity index (χ3v) is 3.03. The Kier molecular flexibility index (Phi) is 10.8. The molecule has 1 aliphatic rings. The van der Waals surface area contributed by atoms with Crippen LogP contribution in [0.4, 0.5) is 0 Å². The molecule has 5 atom stereocenters. The molecule has 0 saturated carbocycles. The lowest BCUT2D eigenvalue weighted by Crippen LogP contribution is -2.65. The summed E-state index contributed by atoms with van der Waals surface area (Å²) in [6.07, 6.45) is -4.58. The molecule has 0 aromatic rings. The molecule has 11 nitrogen and oxygen atoms in total. The fourth-order valence-electron chi connectivity index (χ4n) is 2.20. The Morgan fingerprint density at radius 2 is 1.35 bits per heavy atom.